The van der Waals surface area contributed by atoms with Crippen LogP contribution in [0.4, 0.5) is 5.95 Å². The van der Waals surface area contributed by atoms with Gasteiger partial charge in [-0.3, -0.25) is 4.79 Å². The van der Waals surface area contributed by atoms with E-state index in [9.17, 15) is 4.79 Å². The van der Waals surface area contributed by atoms with E-state index in [1.807, 2.05) is 11.0 Å². The number of nitrogens with two attached hydrogens (primary N) is 1. The summed E-state index contributed by atoms with van der Waals surface area (Å²) in [5.74, 6) is 1.26. The summed E-state index contributed by atoms with van der Waals surface area (Å²) in [4.78, 5) is 22.3. The first kappa shape index (κ1) is 11.4. The van der Waals surface area contributed by atoms with Gasteiger partial charge in [-0.1, -0.05) is 6.42 Å². The van der Waals surface area contributed by atoms with Gasteiger partial charge in [0.2, 0.25) is 11.9 Å². The van der Waals surface area contributed by atoms with E-state index in [0.29, 0.717) is 23.7 Å². The third kappa shape index (κ3) is 2.05. The van der Waals surface area contributed by atoms with E-state index in [2.05, 4.69) is 9.97 Å². The molecule has 1 aromatic rings. The van der Waals surface area contributed by atoms with Crippen LogP contribution in [0.25, 0.3) is 0 Å². The SMILES string of the molecule is Nc1nccc(C2CCN(C(=O)C3CCC3)C2)n1. The summed E-state index contributed by atoms with van der Waals surface area (Å²) in [7, 11) is 0. The Labute approximate surface area is 106 Å². The molecule has 1 unspecified atom stereocenters. The molecule has 2 fully saturated rings. The molecule has 1 saturated carbocycles. The lowest BCUT2D eigenvalue weighted by molar-refractivity contribution is -0.137. The van der Waals surface area contributed by atoms with Crippen LogP contribution in [0.5, 0.6) is 0 Å². The van der Waals surface area contributed by atoms with Crippen LogP contribution in [0.2, 0.25) is 0 Å². The molecular formula is C13H18N4O. The highest BCUT2D eigenvalue weighted by molar-refractivity contribution is 5.80. The summed E-state index contributed by atoms with van der Waals surface area (Å²) in [6, 6.07) is 1.90. The first-order valence-electron chi connectivity index (χ1n) is 6.61. The minimum atomic E-state index is 0.291. The summed E-state index contributed by atoms with van der Waals surface area (Å²) in [6.45, 7) is 1.63. The molecular weight excluding hydrogens is 228 g/mol. The molecule has 2 N–H and O–H groups in total. The molecule has 1 saturated heterocycles. The molecule has 0 bridgehead atoms. The molecule has 1 amide bonds. The fourth-order valence-corrected chi connectivity index (χ4v) is 2.73. The van der Waals surface area contributed by atoms with E-state index in [0.717, 1.165) is 38.0 Å². The van der Waals surface area contributed by atoms with Crippen LogP contribution in [-0.4, -0.2) is 33.9 Å². The Balaban J connectivity index is 1.66. The number of likely N-dealkylation sites (tertiary alicyclic amines) is 1. The first-order chi connectivity index (χ1) is 8.74. The van der Waals surface area contributed by atoms with Crippen molar-refractivity contribution >= 4 is 11.9 Å². The molecule has 1 aromatic heterocycles. The molecule has 5 heteroatoms. The van der Waals surface area contributed by atoms with Crippen LogP contribution in [0.1, 0.15) is 37.3 Å². The van der Waals surface area contributed by atoms with Gasteiger partial charge in [0, 0.05) is 31.1 Å². The van der Waals surface area contributed by atoms with Gasteiger partial charge in [0.1, 0.15) is 0 Å². The predicted molar refractivity (Wildman–Crippen MR) is 67.7 cm³/mol. The number of anilines is 1. The molecule has 0 aromatic carbocycles. The third-order valence-electron chi connectivity index (χ3n) is 4.07. The number of carbonyl (C=O) groups is 1. The standard InChI is InChI=1S/C13H18N4O/c14-13-15-6-4-11(16-13)10-5-7-17(8-10)12(18)9-2-1-3-9/h4,6,9-10H,1-3,5,7-8H2,(H2,14,15,16). The summed E-state index contributed by atoms with van der Waals surface area (Å²) < 4.78 is 0. The fourth-order valence-electron chi connectivity index (χ4n) is 2.73. The topological polar surface area (TPSA) is 72.1 Å². The normalized spacial score (nSPS) is 24.0. The van der Waals surface area contributed by atoms with Crippen molar-refractivity contribution in [1.29, 1.82) is 0 Å². The zero-order valence-electron chi connectivity index (χ0n) is 10.4. The summed E-state index contributed by atoms with van der Waals surface area (Å²) in [6.07, 6.45) is 6.01. The van der Waals surface area contributed by atoms with Crippen molar-refractivity contribution in [3.8, 4) is 0 Å². The average molecular weight is 246 g/mol. The summed E-state index contributed by atoms with van der Waals surface area (Å²) in [5.41, 5.74) is 6.56. The number of hydrogen-bond acceptors (Lipinski definition) is 4. The molecule has 2 aliphatic rings. The van der Waals surface area contributed by atoms with Gasteiger partial charge >= 0.3 is 0 Å². The number of amides is 1. The van der Waals surface area contributed by atoms with E-state index in [-0.39, 0.29) is 0 Å². The molecule has 1 atom stereocenters. The van der Waals surface area contributed by atoms with Crippen molar-refractivity contribution in [2.75, 3.05) is 18.8 Å². The van der Waals surface area contributed by atoms with Crippen molar-refractivity contribution < 1.29 is 4.79 Å². The Morgan fingerprint density at radius 3 is 2.89 bits per heavy atom. The lowest BCUT2D eigenvalue weighted by atomic mass is 9.84. The third-order valence-corrected chi connectivity index (χ3v) is 4.07. The zero-order valence-corrected chi connectivity index (χ0v) is 10.4. The highest BCUT2D eigenvalue weighted by atomic mass is 16.2. The van der Waals surface area contributed by atoms with Crippen LogP contribution in [-0.2, 0) is 4.79 Å². The smallest absolute Gasteiger partial charge is 0.225 e. The van der Waals surface area contributed by atoms with Crippen molar-refractivity contribution in [1.82, 2.24) is 14.9 Å². The van der Waals surface area contributed by atoms with Gasteiger partial charge < -0.3 is 10.6 Å². The van der Waals surface area contributed by atoms with Gasteiger partial charge in [0.25, 0.3) is 0 Å². The number of hydrogen-bond donors (Lipinski definition) is 1. The van der Waals surface area contributed by atoms with Gasteiger partial charge in [-0.05, 0) is 25.3 Å². The number of carbonyl (C=O) groups excluding carboxylic acids is 1. The van der Waals surface area contributed by atoms with Gasteiger partial charge in [-0.2, -0.15) is 0 Å². The second-order valence-corrected chi connectivity index (χ2v) is 5.24. The number of nitrogen functional groups attached to an aromatic ring is 1. The van der Waals surface area contributed by atoms with Crippen LogP contribution in [0, 0.1) is 5.92 Å². The Bertz CT molecular complexity index is 458. The molecule has 96 valence electrons. The Hall–Kier alpha value is -1.65. The second kappa shape index (κ2) is 4.55. The van der Waals surface area contributed by atoms with Gasteiger partial charge in [-0.15, -0.1) is 0 Å². The van der Waals surface area contributed by atoms with Crippen LogP contribution < -0.4 is 5.73 Å². The maximum atomic E-state index is 12.1. The number of nitrogens with zero attached hydrogens (tertiary/aromatic N) is 3. The highest BCUT2D eigenvalue weighted by Crippen LogP contribution is 2.32. The van der Waals surface area contributed by atoms with E-state index in [1.54, 1.807) is 6.20 Å². The van der Waals surface area contributed by atoms with Gasteiger partial charge in [0.15, 0.2) is 0 Å². The Kier molecular flexibility index (Phi) is 2.89. The number of rotatable bonds is 2. The van der Waals surface area contributed by atoms with Crippen molar-refractivity contribution in [3.63, 3.8) is 0 Å². The van der Waals surface area contributed by atoms with Crippen LogP contribution in [0.3, 0.4) is 0 Å². The van der Waals surface area contributed by atoms with Crippen molar-refractivity contribution in [2.45, 2.75) is 31.6 Å². The molecule has 1 aliphatic heterocycles. The summed E-state index contributed by atoms with van der Waals surface area (Å²) in [5, 5.41) is 0. The summed E-state index contributed by atoms with van der Waals surface area (Å²) >= 11 is 0. The highest BCUT2D eigenvalue weighted by Gasteiger charge is 2.34. The van der Waals surface area contributed by atoms with Crippen LogP contribution >= 0.6 is 0 Å². The van der Waals surface area contributed by atoms with Crippen LogP contribution in [0.15, 0.2) is 12.3 Å². The quantitative estimate of drug-likeness (QED) is 0.850. The minimum absolute atomic E-state index is 0.291. The molecule has 5 nitrogen and oxygen atoms in total. The second-order valence-electron chi connectivity index (χ2n) is 5.24. The molecule has 3 rings (SSSR count). The lowest BCUT2D eigenvalue weighted by Gasteiger charge is -2.29. The van der Waals surface area contributed by atoms with Crippen molar-refractivity contribution in [2.24, 2.45) is 5.92 Å². The molecule has 0 spiro atoms. The van der Waals surface area contributed by atoms with E-state index in [1.165, 1.54) is 6.42 Å². The van der Waals surface area contributed by atoms with E-state index >= 15 is 0 Å². The fraction of sp³-hybridized carbons (Fsp3) is 0.615. The zero-order chi connectivity index (χ0) is 12.5. The molecule has 0 radical (unpaired) electrons. The molecule has 18 heavy (non-hydrogen) atoms. The average Bonchev–Trinajstić information content (AvgIpc) is 2.75. The Morgan fingerprint density at radius 2 is 2.22 bits per heavy atom. The maximum absolute atomic E-state index is 12.1. The Morgan fingerprint density at radius 1 is 1.39 bits per heavy atom. The monoisotopic (exact) mass is 246 g/mol. The first-order valence-corrected chi connectivity index (χ1v) is 6.61. The molecule has 1 aliphatic carbocycles. The predicted octanol–water partition coefficient (Wildman–Crippen LogP) is 1.17. The van der Waals surface area contributed by atoms with E-state index in [4.69, 9.17) is 5.73 Å². The van der Waals surface area contributed by atoms with Gasteiger partial charge in [-0.25, -0.2) is 9.97 Å². The van der Waals surface area contributed by atoms with Gasteiger partial charge in [0.05, 0.1) is 5.69 Å². The van der Waals surface area contributed by atoms with Crippen molar-refractivity contribution in [3.05, 3.63) is 18.0 Å². The van der Waals surface area contributed by atoms with E-state index < -0.39 is 0 Å². The minimum Gasteiger partial charge on any atom is -0.368 e. The number of aromatic nitrogens is 2. The molecule has 2 heterocycles. The maximum Gasteiger partial charge on any atom is 0.225 e. The lowest BCUT2D eigenvalue weighted by Crippen LogP contribution is -2.37. The largest absolute Gasteiger partial charge is 0.368 e.